The molecule has 1 atom stereocenters. The number of aromatic nitrogens is 4. The normalized spacial score (nSPS) is 12.7. The molecule has 0 saturated heterocycles. The van der Waals surface area contributed by atoms with Crippen molar-refractivity contribution in [1.29, 1.82) is 0 Å². The van der Waals surface area contributed by atoms with E-state index in [1.54, 1.807) is 41.4 Å². The molecular formula is C24H21F3N4O4S. The van der Waals surface area contributed by atoms with Gasteiger partial charge in [-0.25, -0.2) is 9.67 Å². The third-order valence-electron chi connectivity index (χ3n) is 4.76. The van der Waals surface area contributed by atoms with E-state index in [4.69, 9.17) is 9.15 Å². The first-order valence-electron chi connectivity index (χ1n) is 10.7. The van der Waals surface area contributed by atoms with Crippen LogP contribution in [-0.4, -0.2) is 36.6 Å². The summed E-state index contributed by atoms with van der Waals surface area (Å²) in [5, 5.41) is 7.58. The highest BCUT2D eigenvalue weighted by atomic mass is 32.2. The van der Waals surface area contributed by atoms with Gasteiger partial charge in [-0.15, -0.1) is 18.3 Å². The second-order valence-corrected chi connectivity index (χ2v) is 9.09. The van der Waals surface area contributed by atoms with E-state index in [-0.39, 0.29) is 12.4 Å². The first kappa shape index (κ1) is 25.3. The Morgan fingerprint density at radius 1 is 1.03 bits per heavy atom. The molecule has 0 saturated carbocycles. The lowest BCUT2D eigenvalue weighted by atomic mass is 10.2. The number of alkyl halides is 3. The molecule has 0 amide bonds. The largest absolute Gasteiger partial charge is 0.616 e. The van der Waals surface area contributed by atoms with E-state index in [0.29, 0.717) is 40.9 Å². The van der Waals surface area contributed by atoms with Crippen molar-refractivity contribution >= 4 is 23.3 Å². The minimum Gasteiger partial charge on any atom is -0.616 e. The number of halogens is 3. The van der Waals surface area contributed by atoms with Crippen LogP contribution in [0.3, 0.4) is 0 Å². The Balaban J connectivity index is 1.22. The molecule has 0 fully saturated rings. The van der Waals surface area contributed by atoms with E-state index in [2.05, 4.69) is 20.0 Å². The quantitative estimate of drug-likeness (QED) is 0.262. The number of nitrogens with zero attached hydrogens (tertiary/aromatic N) is 4. The number of oxazole rings is 1. The summed E-state index contributed by atoms with van der Waals surface area (Å²) in [5.74, 6) is 1.59. The van der Waals surface area contributed by atoms with Crippen LogP contribution in [0.4, 0.5) is 13.2 Å². The van der Waals surface area contributed by atoms with Crippen LogP contribution in [0, 0.1) is 0 Å². The van der Waals surface area contributed by atoms with Gasteiger partial charge in [-0.1, -0.05) is 29.5 Å². The van der Waals surface area contributed by atoms with Crippen LogP contribution in [0.25, 0.3) is 12.2 Å². The topological polar surface area (TPSA) is 98.3 Å². The summed E-state index contributed by atoms with van der Waals surface area (Å²) in [5.41, 5.74) is 2.16. The van der Waals surface area contributed by atoms with Gasteiger partial charge in [0.1, 0.15) is 41.6 Å². The van der Waals surface area contributed by atoms with Gasteiger partial charge in [-0.3, -0.25) is 0 Å². The molecule has 1 unspecified atom stereocenters. The molecule has 36 heavy (non-hydrogen) atoms. The van der Waals surface area contributed by atoms with Gasteiger partial charge in [-0.2, -0.15) is 0 Å². The van der Waals surface area contributed by atoms with E-state index in [9.17, 15) is 17.7 Å². The van der Waals surface area contributed by atoms with Crippen LogP contribution < -0.4 is 9.47 Å². The molecule has 2 aromatic heterocycles. The van der Waals surface area contributed by atoms with Gasteiger partial charge in [0.25, 0.3) is 0 Å². The highest BCUT2D eigenvalue weighted by molar-refractivity contribution is 7.90. The number of hydrogen-bond acceptors (Lipinski definition) is 7. The zero-order chi connectivity index (χ0) is 25.4. The van der Waals surface area contributed by atoms with Crippen molar-refractivity contribution < 1.29 is 31.6 Å². The fraction of sp³-hybridized carbons (Fsp3) is 0.208. The van der Waals surface area contributed by atoms with Crippen LogP contribution in [0.15, 0.2) is 71.6 Å². The van der Waals surface area contributed by atoms with Crippen LogP contribution in [0.1, 0.15) is 22.7 Å². The van der Waals surface area contributed by atoms with Crippen molar-refractivity contribution in [2.45, 2.75) is 25.3 Å². The fourth-order valence-electron chi connectivity index (χ4n) is 3.06. The maximum Gasteiger partial charge on any atom is 0.573 e. The third-order valence-corrected chi connectivity index (χ3v) is 6.05. The van der Waals surface area contributed by atoms with Crippen LogP contribution >= 0.6 is 0 Å². The first-order chi connectivity index (χ1) is 17.3. The summed E-state index contributed by atoms with van der Waals surface area (Å²) in [7, 11) is 0. The molecule has 0 N–H and O–H groups in total. The molecule has 0 radical (unpaired) electrons. The Morgan fingerprint density at radius 2 is 1.78 bits per heavy atom. The van der Waals surface area contributed by atoms with E-state index in [1.165, 1.54) is 30.5 Å². The van der Waals surface area contributed by atoms with Gasteiger partial charge in [0.2, 0.25) is 5.89 Å². The van der Waals surface area contributed by atoms with Crippen molar-refractivity contribution in [3.05, 3.63) is 89.9 Å². The second-order valence-electron chi connectivity index (χ2n) is 7.51. The van der Waals surface area contributed by atoms with Crippen LogP contribution in [-0.2, 0) is 30.1 Å². The van der Waals surface area contributed by atoms with E-state index in [1.807, 2.05) is 12.1 Å². The zero-order valence-corrected chi connectivity index (χ0v) is 19.6. The molecule has 188 valence electrons. The van der Waals surface area contributed by atoms with Gasteiger partial charge in [0.15, 0.2) is 0 Å². The third kappa shape index (κ3) is 8.17. The second kappa shape index (κ2) is 11.8. The summed E-state index contributed by atoms with van der Waals surface area (Å²) in [4.78, 5) is 4.30. The van der Waals surface area contributed by atoms with Crippen molar-refractivity contribution in [2.75, 3.05) is 5.75 Å². The number of rotatable bonds is 11. The van der Waals surface area contributed by atoms with Crippen LogP contribution in [0.5, 0.6) is 11.5 Å². The monoisotopic (exact) mass is 518 g/mol. The Labute approximate surface area is 207 Å². The Bertz CT molecular complexity index is 1240. The highest BCUT2D eigenvalue weighted by Gasteiger charge is 2.30. The molecule has 12 heteroatoms. The smallest absolute Gasteiger partial charge is 0.573 e. The fourth-order valence-corrected chi connectivity index (χ4v) is 4.16. The molecular weight excluding hydrogens is 497 g/mol. The van der Waals surface area contributed by atoms with Gasteiger partial charge in [0.05, 0.1) is 12.7 Å². The zero-order valence-electron chi connectivity index (χ0n) is 18.8. The van der Waals surface area contributed by atoms with Crippen LogP contribution in [0.2, 0.25) is 0 Å². The molecule has 0 aliphatic carbocycles. The van der Waals surface area contributed by atoms with Gasteiger partial charge in [0, 0.05) is 17.8 Å². The van der Waals surface area contributed by atoms with Gasteiger partial charge in [-0.05, 0) is 47.1 Å². The molecule has 4 rings (SSSR count). The van der Waals surface area contributed by atoms with E-state index in [0.717, 1.165) is 5.56 Å². The van der Waals surface area contributed by atoms with Gasteiger partial charge < -0.3 is 18.4 Å². The molecule has 0 spiro atoms. The lowest BCUT2D eigenvalue weighted by Crippen LogP contribution is -2.16. The average molecular weight is 519 g/mol. The summed E-state index contributed by atoms with van der Waals surface area (Å²) >= 11 is -1.02. The Morgan fingerprint density at radius 3 is 2.47 bits per heavy atom. The molecule has 2 heterocycles. The number of hydrogen-bond donors (Lipinski definition) is 0. The lowest BCUT2D eigenvalue weighted by Gasteiger charge is -2.11. The SMILES string of the molecule is [O-][S+](CCn1ccnn1)Cc1ccc(OCc2coc(C=Cc3ccc(OC(F)(F)F)cc3)n2)cc1. The number of benzene rings is 2. The Hall–Kier alpha value is -3.77. The molecule has 8 nitrogen and oxygen atoms in total. The maximum absolute atomic E-state index is 12.3. The minimum atomic E-state index is -4.73. The predicted octanol–water partition coefficient (Wildman–Crippen LogP) is 4.86. The Kier molecular flexibility index (Phi) is 8.28. The van der Waals surface area contributed by atoms with E-state index < -0.39 is 17.5 Å². The maximum atomic E-state index is 12.3. The van der Waals surface area contributed by atoms with Crippen molar-refractivity contribution in [3.8, 4) is 11.5 Å². The summed E-state index contributed by atoms with van der Waals surface area (Å²) in [6.45, 7) is 0.732. The van der Waals surface area contributed by atoms with Crippen molar-refractivity contribution in [3.63, 3.8) is 0 Å². The van der Waals surface area contributed by atoms with Crippen molar-refractivity contribution in [2.24, 2.45) is 0 Å². The number of aryl methyl sites for hydroxylation is 1. The first-order valence-corrected chi connectivity index (χ1v) is 12.2. The lowest BCUT2D eigenvalue weighted by molar-refractivity contribution is -0.274. The molecule has 0 bridgehead atoms. The highest BCUT2D eigenvalue weighted by Crippen LogP contribution is 2.23. The van der Waals surface area contributed by atoms with Gasteiger partial charge >= 0.3 is 6.36 Å². The number of ether oxygens (including phenoxy) is 2. The predicted molar refractivity (Wildman–Crippen MR) is 126 cm³/mol. The van der Waals surface area contributed by atoms with Crippen molar-refractivity contribution in [1.82, 2.24) is 20.0 Å². The molecule has 0 aliphatic heterocycles. The standard InChI is InChI=1S/C24H21F3N4O4S/c25-24(26,27)35-22-8-1-18(2-9-22)5-10-23-29-20(16-34-23)15-33-21-6-3-19(4-7-21)17-36(32)14-13-31-12-11-28-30-31/h1-12,16H,13-15,17H2. The van der Waals surface area contributed by atoms with E-state index >= 15 is 0 Å². The minimum absolute atomic E-state index is 0.185. The summed E-state index contributed by atoms with van der Waals surface area (Å²) < 4.78 is 65.6. The summed E-state index contributed by atoms with van der Waals surface area (Å²) in [6, 6.07) is 12.8. The summed E-state index contributed by atoms with van der Waals surface area (Å²) in [6.07, 6.45) is 3.31. The average Bonchev–Trinajstić information content (AvgIpc) is 3.53. The molecule has 2 aromatic carbocycles. The molecule has 0 aliphatic rings. The molecule has 4 aromatic rings.